The Hall–Kier alpha value is -2.84. The highest BCUT2D eigenvalue weighted by Gasteiger charge is 2.20. The molecule has 27 heavy (non-hydrogen) atoms. The Kier molecular flexibility index (Phi) is 4.83. The minimum absolute atomic E-state index is 0.145. The van der Waals surface area contributed by atoms with E-state index >= 15 is 0 Å². The Balaban J connectivity index is 1.54. The van der Waals surface area contributed by atoms with E-state index in [1.165, 1.54) is 16.4 Å². The fourth-order valence-electron chi connectivity index (χ4n) is 2.49. The lowest BCUT2D eigenvalue weighted by Crippen LogP contribution is -2.12. The summed E-state index contributed by atoms with van der Waals surface area (Å²) in [6, 6.07) is 16.9. The predicted molar refractivity (Wildman–Crippen MR) is 105 cm³/mol. The number of hydrogen-bond acceptors (Lipinski definition) is 7. The summed E-state index contributed by atoms with van der Waals surface area (Å²) in [5.41, 5.74) is 1.67. The molecule has 2 N–H and O–H groups in total. The number of rotatable bonds is 5. The average Bonchev–Trinajstić information content (AvgIpc) is 3.30. The molecule has 2 aromatic carbocycles. The molecule has 7 nitrogen and oxygen atoms in total. The van der Waals surface area contributed by atoms with Crippen molar-refractivity contribution in [3.63, 3.8) is 0 Å². The quantitative estimate of drug-likeness (QED) is 0.397. The van der Waals surface area contributed by atoms with E-state index in [2.05, 4.69) is 20.4 Å². The number of hydrogen-bond donors (Lipinski definition) is 1. The van der Waals surface area contributed by atoms with Crippen molar-refractivity contribution in [2.24, 2.45) is 0 Å². The van der Waals surface area contributed by atoms with Gasteiger partial charge in [0.25, 0.3) is 0 Å². The molecule has 2 aromatic heterocycles. The van der Waals surface area contributed by atoms with Crippen LogP contribution in [0.1, 0.15) is 18.1 Å². The average molecular weight is 399 g/mol. The van der Waals surface area contributed by atoms with Crippen LogP contribution in [0.5, 0.6) is 0 Å². The van der Waals surface area contributed by atoms with Crippen molar-refractivity contribution in [1.29, 1.82) is 0 Å². The van der Waals surface area contributed by atoms with E-state index in [-0.39, 0.29) is 5.25 Å². The van der Waals surface area contributed by atoms with Crippen molar-refractivity contribution >= 4 is 23.4 Å². The highest BCUT2D eigenvalue weighted by Crippen LogP contribution is 2.35. The van der Waals surface area contributed by atoms with E-state index in [1.807, 2.05) is 49.4 Å². The first-order valence-electron chi connectivity index (χ1n) is 8.13. The van der Waals surface area contributed by atoms with Crippen LogP contribution in [-0.4, -0.2) is 25.1 Å². The van der Waals surface area contributed by atoms with Crippen LogP contribution in [0, 0.1) is 0 Å². The molecule has 0 bridgehead atoms. The Labute approximate surface area is 164 Å². The van der Waals surface area contributed by atoms with Gasteiger partial charge >= 0.3 is 0 Å². The highest BCUT2D eigenvalue weighted by molar-refractivity contribution is 7.99. The van der Waals surface area contributed by atoms with Gasteiger partial charge < -0.3 is 10.3 Å². The number of aromatic nitrogens is 5. The number of halogens is 1. The Morgan fingerprint density at radius 1 is 1.00 bits per heavy atom. The molecular weight excluding hydrogens is 384 g/mol. The summed E-state index contributed by atoms with van der Waals surface area (Å²) >= 11 is 7.43. The zero-order valence-electron chi connectivity index (χ0n) is 14.3. The van der Waals surface area contributed by atoms with Gasteiger partial charge in [-0.05, 0) is 31.2 Å². The van der Waals surface area contributed by atoms with E-state index in [1.54, 1.807) is 12.1 Å². The molecule has 2 heterocycles. The molecule has 0 saturated carbocycles. The first kappa shape index (κ1) is 17.6. The molecule has 4 rings (SSSR count). The maximum absolute atomic E-state index is 6.17. The second-order valence-corrected chi connectivity index (χ2v) is 7.50. The molecule has 0 radical (unpaired) electrons. The zero-order valence-corrected chi connectivity index (χ0v) is 15.9. The number of nitrogens with zero attached hydrogens (tertiary/aromatic N) is 5. The lowest BCUT2D eigenvalue weighted by atomic mass is 10.2. The molecule has 1 unspecified atom stereocenters. The largest absolute Gasteiger partial charge is 0.419 e. The van der Waals surface area contributed by atoms with Crippen LogP contribution in [0.15, 0.2) is 64.2 Å². The molecule has 1 atom stereocenters. The molecule has 0 aliphatic carbocycles. The van der Waals surface area contributed by atoms with E-state index in [4.69, 9.17) is 21.9 Å². The van der Waals surface area contributed by atoms with Gasteiger partial charge in [0.2, 0.25) is 16.9 Å². The number of thioether (sulfide) groups is 1. The van der Waals surface area contributed by atoms with E-state index in [0.717, 1.165) is 11.1 Å². The van der Waals surface area contributed by atoms with Crippen molar-refractivity contribution in [2.75, 3.05) is 5.84 Å². The molecule has 0 spiro atoms. The third-order valence-corrected chi connectivity index (χ3v) is 5.12. The lowest BCUT2D eigenvalue weighted by Gasteiger charge is -2.07. The predicted octanol–water partition coefficient (Wildman–Crippen LogP) is 4.22. The lowest BCUT2D eigenvalue weighted by molar-refractivity contribution is 0.509. The third-order valence-electron chi connectivity index (χ3n) is 3.84. The minimum atomic E-state index is -0.145. The molecule has 0 saturated heterocycles. The van der Waals surface area contributed by atoms with Gasteiger partial charge in [-0.3, -0.25) is 0 Å². The Morgan fingerprint density at radius 3 is 2.56 bits per heavy atom. The summed E-state index contributed by atoms with van der Waals surface area (Å²) in [5.74, 6) is 7.67. The molecule has 4 aromatic rings. The summed E-state index contributed by atoms with van der Waals surface area (Å²) in [5, 5.41) is 17.6. The van der Waals surface area contributed by atoms with Crippen LogP contribution >= 0.6 is 23.4 Å². The standard InChI is InChI=1S/C18H15ClN6OS/c1-11(16-22-23-17(26-16)12-6-3-2-4-7-12)27-18-24-21-15(25(18)20)13-8-5-9-14(19)10-13/h2-11H,20H2,1H3. The summed E-state index contributed by atoms with van der Waals surface area (Å²) in [7, 11) is 0. The van der Waals surface area contributed by atoms with Gasteiger partial charge in [0.1, 0.15) is 0 Å². The fourth-order valence-corrected chi connectivity index (χ4v) is 3.48. The van der Waals surface area contributed by atoms with Gasteiger partial charge in [0.15, 0.2) is 5.82 Å². The van der Waals surface area contributed by atoms with Gasteiger partial charge in [-0.25, -0.2) is 4.68 Å². The van der Waals surface area contributed by atoms with Crippen molar-refractivity contribution in [1.82, 2.24) is 25.1 Å². The number of nitrogens with two attached hydrogens (primary N) is 1. The van der Waals surface area contributed by atoms with Gasteiger partial charge in [-0.15, -0.1) is 20.4 Å². The Morgan fingerprint density at radius 2 is 1.78 bits per heavy atom. The van der Waals surface area contributed by atoms with Crippen LogP contribution in [0.2, 0.25) is 5.02 Å². The van der Waals surface area contributed by atoms with Crippen LogP contribution in [0.3, 0.4) is 0 Å². The molecule has 0 fully saturated rings. The van der Waals surface area contributed by atoms with E-state index < -0.39 is 0 Å². The normalized spacial score (nSPS) is 12.2. The topological polar surface area (TPSA) is 95.7 Å². The summed E-state index contributed by atoms with van der Waals surface area (Å²) in [4.78, 5) is 0. The van der Waals surface area contributed by atoms with Gasteiger partial charge in [0.05, 0.1) is 5.25 Å². The second-order valence-electron chi connectivity index (χ2n) is 5.76. The first-order chi connectivity index (χ1) is 13.1. The van der Waals surface area contributed by atoms with Crippen LogP contribution in [0.25, 0.3) is 22.8 Å². The summed E-state index contributed by atoms with van der Waals surface area (Å²) in [6.07, 6.45) is 0. The van der Waals surface area contributed by atoms with Gasteiger partial charge in [-0.2, -0.15) is 0 Å². The first-order valence-corrected chi connectivity index (χ1v) is 9.39. The second kappa shape index (κ2) is 7.42. The smallest absolute Gasteiger partial charge is 0.247 e. The molecular formula is C18H15ClN6OS. The molecule has 0 aliphatic rings. The van der Waals surface area contributed by atoms with E-state index in [9.17, 15) is 0 Å². The molecule has 0 aliphatic heterocycles. The summed E-state index contributed by atoms with van der Waals surface area (Å²) in [6.45, 7) is 1.95. The third kappa shape index (κ3) is 3.67. The minimum Gasteiger partial charge on any atom is -0.419 e. The van der Waals surface area contributed by atoms with Crippen molar-refractivity contribution < 1.29 is 4.42 Å². The van der Waals surface area contributed by atoms with Crippen molar-refractivity contribution in [3.05, 3.63) is 65.5 Å². The zero-order chi connectivity index (χ0) is 18.8. The number of benzene rings is 2. The molecule has 9 heteroatoms. The SMILES string of the molecule is CC(Sc1nnc(-c2cccc(Cl)c2)n1N)c1nnc(-c2ccccc2)o1. The van der Waals surface area contributed by atoms with Crippen molar-refractivity contribution in [3.8, 4) is 22.8 Å². The summed E-state index contributed by atoms with van der Waals surface area (Å²) < 4.78 is 7.22. The van der Waals surface area contributed by atoms with Gasteiger partial charge in [0, 0.05) is 16.1 Å². The maximum atomic E-state index is 6.17. The highest BCUT2D eigenvalue weighted by atomic mass is 35.5. The maximum Gasteiger partial charge on any atom is 0.247 e. The van der Waals surface area contributed by atoms with Gasteiger partial charge in [-0.1, -0.05) is 53.7 Å². The van der Waals surface area contributed by atoms with E-state index in [0.29, 0.717) is 27.8 Å². The van der Waals surface area contributed by atoms with Crippen LogP contribution in [0.4, 0.5) is 0 Å². The van der Waals surface area contributed by atoms with Crippen molar-refractivity contribution in [2.45, 2.75) is 17.3 Å². The fraction of sp³-hybridized carbons (Fsp3) is 0.111. The number of nitrogen functional groups attached to an aromatic ring is 1. The Bertz CT molecular complexity index is 1060. The molecule has 136 valence electrons. The monoisotopic (exact) mass is 398 g/mol. The van der Waals surface area contributed by atoms with Crippen LogP contribution in [-0.2, 0) is 0 Å². The molecule has 0 amide bonds. The van der Waals surface area contributed by atoms with Crippen LogP contribution < -0.4 is 5.84 Å².